The van der Waals surface area contributed by atoms with E-state index in [0.29, 0.717) is 12.4 Å². The van der Waals surface area contributed by atoms with Gasteiger partial charge in [-0.05, 0) is 46.0 Å². The first-order valence-corrected chi connectivity index (χ1v) is 10.1. The minimum absolute atomic E-state index is 0. The average molecular weight is 436 g/mol. The van der Waals surface area contributed by atoms with Crippen molar-refractivity contribution < 1.29 is 5.11 Å². The number of aromatic nitrogens is 4. The summed E-state index contributed by atoms with van der Waals surface area (Å²) < 4.78 is 0. The Morgan fingerprint density at radius 3 is 2.10 bits per heavy atom. The molecular formula is C24H26ClN5O. The zero-order chi connectivity index (χ0) is 20.8. The first-order chi connectivity index (χ1) is 14.7. The van der Waals surface area contributed by atoms with Gasteiger partial charge in [-0.2, -0.15) is 0 Å². The van der Waals surface area contributed by atoms with E-state index in [0.717, 1.165) is 23.1 Å². The third-order valence-electron chi connectivity index (χ3n) is 5.18. The molecule has 3 N–H and O–H groups in total. The second-order valence-electron chi connectivity index (χ2n) is 7.46. The molecule has 0 aliphatic heterocycles. The van der Waals surface area contributed by atoms with Crippen LogP contribution in [0.15, 0.2) is 78.9 Å². The number of tetrazole rings is 1. The van der Waals surface area contributed by atoms with Crippen LogP contribution in [0, 0.1) is 0 Å². The highest BCUT2D eigenvalue weighted by atomic mass is 35.5. The number of hydrogen-bond donors (Lipinski definition) is 3. The molecule has 0 aliphatic carbocycles. The molecule has 0 amide bonds. The molecule has 0 unspecified atom stereocenters. The number of nitrogens with zero attached hydrogens (tertiary/aromatic N) is 3. The molecule has 4 rings (SSSR count). The summed E-state index contributed by atoms with van der Waals surface area (Å²) in [5.74, 6) is 0.663. The van der Waals surface area contributed by atoms with Gasteiger partial charge >= 0.3 is 0 Å². The second kappa shape index (κ2) is 10.8. The maximum Gasteiger partial charge on any atom is 0.179 e. The zero-order valence-electron chi connectivity index (χ0n) is 17.3. The molecule has 1 heterocycles. The molecule has 31 heavy (non-hydrogen) atoms. The average Bonchev–Trinajstić information content (AvgIpc) is 3.34. The van der Waals surface area contributed by atoms with Crippen LogP contribution in [0.25, 0.3) is 22.5 Å². The van der Waals surface area contributed by atoms with Crippen LogP contribution in [0.2, 0.25) is 0 Å². The number of aromatic amines is 1. The maximum absolute atomic E-state index is 10.3. The molecule has 160 valence electrons. The van der Waals surface area contributed by atoms with Gasteiger partial charge < -0.3 is 10.4 Å². The summed E-state index contributed by atoms with van der Waals surface area (Å²) in [7, 11) is 0. The molecule has 1 aromatic heterocycles. The van der Waals surface area contributed by atoms with Gasteiger partial charge in [0.15, 0.2) is 5.82 Å². The fourth-order valence-corrected chi connectivity index (χ4v) is 3.47. The molecule has 0 bridgehead atoms. The second-order valence-corrected chi connectivity index (χ2v) is 7.46. The predicted molar refractivity (Wildman–Crippen MR) is 125 cm³/mol. The Kier molecular flexibility index (Phi) is 7.89. The van der Waals surface area contributed by atoms with Gasteiger partial charge in [0.05, 0.1) is 6.10 Å². The van der Waals surface area contributed by atoms with E-state index in [1.165, 1.54) is 11.1 Å². The Balaban J connectivity index is 0.00000272. The van der Waals surface area contributed by atoms with Crippen LogP contribution in [0.3, 0.4) is 0 Å². The van der Waals surface area contributed by atoms with Gasteiger partial charge in [0.2, 0.25) is 0 Å². The third-order valence-corrected chi connectivity index (χ3v) is 5.18. The topological polar surface area (TPSA) is 86.7 Å². The summed E-state index contributed by atoms with van der Waals surface area (Å²) >= 11 is 0. The Morgan fingerprint density at radius 1 is 0.871 bits per heavy atom. The fourth-order valence-electron chi connectivity index (χ4n) is 3.47. The number of aliphatic hydroxyl groups excluding tert-OH is 1. The largest absolute Gasteiger partial charge is 0.387 e. The molecule has 7 heteroatoms. The van der Waals surface area contributed by atoms with Gasteiger partial charge in [0.1, 0.15) is 0 Å². The van der Waals surface area contributed by atoms with Crippen molar-refractivity contribution >= 4 is 12.4 Å². The van der Waals surface area contributed by atoms with E-state index in [-0.39, 0.29) is 18.4 Å². The summed E-state index contributed by atoms with van der Waals surface area (Å²) in [6, 6.07) is 26.8. The SMILES string of the molecule is C[C@H](Cc1ccc(-c2ccc(-c3nnn[nH]3)cc2)cc1)NC[C@H](O)c1ccccc1.Cl. The third kappa shape index (κ3) is 5.98. The lowest BCUT2D eigenvalue weighted by Crippen LogP contribution is -2.32. The van der Waals surface area contributed by atoms with Crippen LogP contribution < -0.4 is 5.32 Å². The van der Waals surface area contributed by atoms with E-state index < -0.39 is 6.10 Å². The molecule has 0 saturated heterocycles. The van der Waals surface area contributed by atoms with Crippen molar-refractivity contribution in [3.05, 3.63) is 90.0 Å². The Bertz CT molecular complexity index is 1040. The highest BCUT2D eigenvalue weighted by Crippen LogP contribution is 2.23. The van der Waals surface area contributed by atoms with Crippen molar-refractivity contribution in [3.8, 4) is 22.5 Å². The highest BCUT2D eigenvalue weighted by Gasteiger charge is 2.10. The molecular weight excluding hydrogens is 410 g/mol. The van der Waals surface area contributed by atoms with Crippen LogP contribution in [0.4, 0.5) is 0 Å². The molecule has 2 atom stereocenters. The molecule has 0 radical (unpaired) electrons. The smallest absolute Gasteiger partial charge is 0.179 e. The minimum atomic E-state index is -0.494. The molecule has 4 aromatic rings. The van der Waals surface area contributed by atoms with E-state index >= 15 is 0 Å². The van der Waals surface area contributed by atoms with Gasteiger partial charge in [0.25, 0.3) is 0 Å². The van der Waals surface area contributed by atoms with E-state index in [1.807, 2.05) is 42.5 Å². The molecule has 6 nitrogen and oxygen atoms in total. The van der Waals surface area contributed by atoms with Gasteiger partial charge in [0, 0.05) is 18.2 Å². The molecule has 0 saturated carbocycles. The molecule has 0 aliphatic rings. The lowest BCUT2D eigenvalue weighted by Gasteiger charge is -2.17. The van der Waals surface area contributed by atoms with Crippen molar-refractivity contribution in [1.29, 1.82) is 0 Å². The monoisotopic (exact) mass is 435 g/mol. The summed E-state index contributed by atoms with van der Waals surface area (Å²) in [4.78, 5) is 0. The standard InChI is InChI=1S/C24H25N5O.ClH/c1-17(25-16-23(30)21-5-3-2-4-6-21)15-18-7-9-19(10-8-18)20-11-13-22(14-12-20)24-26-28-29-27-24;/h2-14,17,23,25,30H,15-16H2,1H3,(H,26,27,28,29);1H/t17-,23+;/m1./s1. The number of benzene rings is 3. The molecule has 0 fully saturated rings. The summed E-state index contributed by atoms with van der Waals surface area (Å²) in [6.45, 7) is 2.68. The lowest BCUT2D eigenvalue weighted by atomic mass is 10.00. The van der Waals surface area contributed by atoms with Crippen molar-refractivity contribution in [3.63, 3.8) is 0 Å². The first-order valence-electron chi connectivity index (χ1n) is 10.1. The van der Waals surface area contributed by atoms with Crippen LogP contribution in [0.1, 0.15) is 24.2 Å². The van der Waals surface area contributed by atoms with Gasteiger partial charge in [-0.3, -0.25) is 0 Å². The Hall–Kier alpha value is -3.06. The number of H-pyrrole nitrogens is 1. The first kappa shape index (κ1) is 22.6. The van der Waals surface area contributed by atoms with Crippen molar-refractivity contribution in [2.45, 2.75) is 25.5 Å². The van der Waals surface area contributed by atoms with Gasteiger partial charge in [-0.25, -0.2) is 5.10 Å². The predicted octanol–water partition coefficient (Wildman–Crippen LogP) is 4.21. The summed E-state index contributed by atoms with van der Waals surface area (Å²) in [6.07, 6.45) is 0.408. The number of nitrogens with one attached hydrogen (secondary N) is 2. The number of halogens is 1. The van der Waals surface area contributed by atoms with Crippen LogP contribution in [0.5, 0.6) is 0 Å². The quantitative estimate of drug-likeness (QED) is 0.386. The normalized spacial score (nSPS) is 12.7. The van der Waals surface area contributed by atoms with Gasteiger partial charge in [-0.15, -0.1) is 17.5 Å². The van der Waals surface area contributed by atoms with E-state index in [4.69, 9.17) is 0 Å². The van der Waals surface area contributed by atoms with Crippen molar-refractivity contribution in [2.75, 3.05) is 6.54 Å². The van der Waals surface area contributed by atoms with Crippen molar-refractivity contribution in [2.24, 2.45) is 0 Å². The molecule has 3 aromatic carbocycles. The van der Waals surface area contributed by atoms with Crippen LogP contribution >= 0.6 is 12.4 Å². The highest BCUT2D eigenvalue weighted by molar-refractivity contribution is 5.85. The summed E-state index contributed by atoms with van der Waals surface area (Å²) in [5.41, 5.74) is 5.47. The van der Waals surface area contributed by atoms with Crippen LogP contribution in [-0.2, 0) is 6.42 Å². The maximum atomic E-state index is 10.3. The zero-order valence-corrected chi connectivity index (χ0v) is 18.1. The van der Waals surface area contributed by atoms with Gasteiger partial charge in [-0.1, -0.05) is 78.9 Å². The van der Waals surface area contributed by atoms with E-state index in [2.05, 4.69) is 69.3 Å². The fraction of sp³-hybridized carbons (Fsp3) is 0.208. The Morgan fingerprint density at radius 2 is 1.48 bits per heavy atom. The van der Waals surface area contributed by atoms with Crippen LogP contribution in [-0.4, -0.2) is 38.3 Å². The number of rotatable bonds is 8. The van der Waals surface area contributed by atoms with E-state index in [1.54, 1.807) is 0 Å². The summed E-state index contributed by atoms with van der Waals surface area (Å²) in [5, 5.41) is 27.7. The number of aliphatic hydroxyl groups is 1. The van der Waals surface area contributed by atoms with Crippen molar-refractivity contribution in [1.82, 2.24) is 25.9 Å². The Labute approximate surface area is 188 Å². The number of hydrogen-bond acceptors (Lipinski definition) is 5. The van der Waals surface area contributed by atoms with E-state index in [9.17, 15) is 5.11 Å². The molecule has 0 spiro atoms. The minimum Gasteiger partial charge on any atom is -0.387 e. The lowest BCUT2D eigenvalue weighted by molar-refractivity contribution is 0.170.